The highest BCUT2D eigenvalue weighted by Crippen LogP contribution is 2.41. The lowest BCUT2D eigenvalue weighted by Gasteiger charge is -2.37. The molecule has 3 atom stereocenters. The number of likely N-dealkylation sites (N-methyl/N-ethyl adjacent to an activating group) is 1. The fourth-order valence-corrected chi connectivity index (χ4v) is 5.42. The molecule has 2 fully saturated rings. The monoisotopic (exact) mass is 424 g/mol. The van der Waals surface area contributed by atoms with Crippen LogP contribution in [0.4, 0.5) is 0 Å². The largest absolute Gasteiger partial charge is 0.457 e. The number of nitrogens with zero attached hydrogens (tertiary/aromatic N) is 3. The van der Waals surface area contributed by atoms with Crippen molar-refractivity contribution in [3.63, 3.8) is 0 Å². The lowest BCUT2D eigenvalue weighted by atomic mass is 9.80. The van der Waals surface area contributed by atoms with E-state index in [2.05, 4.69) is 17.0 Å². The fraction of sp³-hybridized carbons (Fsp3) is 0.560. The Morgan fingerprint density at radius 1 is 1.13 bits per heavy atom. The summed E-state index contributed by atoms with van der Waals surface area (Å²) < 4.78 is 6.75. The molecule has 1 saturated carbocycles. The maximum Gasteiger partial charge on any atom is 0.343 e. The van der Waals surface area contributed by atoms with E-state index in [0.717, 1.165) is 68.1 Å². The van der Waals surface area contributed by atoms with Crippen LogP contribution in [0.2, 0.25) is 0 Å². The first-order chi connectivity index (χ1) is 15.0. The number of rotatable bonds is 8. The number of hydrogen-bond donors (Lipinski definition) is 1. The summed E-state index contributed by atoms with van der Waals surface area (Å²) >= 11 is 0. The highest BCUT2D eigenvalue weighted by Gasteiger charge is 2.48. The van der Waals surface area contributed by atoms with Crippen LogP contribution < -0.4 is 0 Å². The summed E-state index contributed by atoms with van der Waals surface area (Å²) in [5, 5.41) is 11.6. The number of ether oxygens (including phenoxy) is 1. The molecule has 1 saturated heterocycles. The van der Waals surface area contributed by atoms with Crippen molar-refractivity contribution in [3.05, 3.63) is 60.2 Å². The second kappa shape index (κ2) is 9.45. The van der Waals surface area contributed by atoms with Gasteiger partial charge in [0.25, 0.3) is 0 Å². The summed E-state index contributed by atoms with van der Waals surface area (Å²) in [6, 6.07) is 9.59. The molecule has 0 bridgehead atoms. The van der Waals surface area contributed by atoms with E-state index in [-0.39, 0.29) is 12.0 Å². The normalized spacial score (nSPS) is 25.9. The third-order valence-corrected chi connectivity index (χ3v) is 7.49. The lowest BCUT2D eigenvalue weighted by Crippen LogP contribution is -2.52. The van der Waals surface area contributed by atoms with E-state index in [1.54, 1.807) is 6.33 Å². The quantitative estimate of drug-likeness (QED) is 0.520. The second-order valence-electron chi connectivity index (χ2n) is 9.43. The number of quaternary nitrogens is 1. The average molecular weight is 425 g/mol. The Kier molecular flexibility index (Phi) is 6.68. The van der Waals surface area contributed by atoms with Crippen LogP contribution in [0.5, 0.6) is 0 Å². The molecule has 2 aromatic rings. The predicted octanol–water partition coefficient (Wildman–Crippen LogP) is 3.25. The third kappa shape index (κ3) is 4.65. The minimum absolute atomic E-state index is 0.0788. The first-order valence-electron chi connectivity index (χ1n) is 11.6. The average Bonchev–Trinajstić information content (AvgIpc) is 3.48. The molecule has 0 amide bonds. The molecule has 2 aliphatic rings. The van der Waals surface area contributed by atoms with Gasteiger partial charge in [0.2, 0.25) is 0 Å². The fourth-order valence-electron chi connectivity index (χ4n) is 5.42. The van der Waals surface area contributed by atoms with Crippen LogP contribution in [-0.4, -0.2) is 58.3 Å². The van der Waals surface area contributed by atoms with Crippen molar-refractivity contribution in [2.24, 2.45) is 5.92 Å². The van der Waals surface area contributed by atoms with Crippen molar-refractivity contribution in [1.29, 1.82) is 0 Å². The van der Waals surface area contributed by atoms with E-state index in [0.29, 0.717) is 12.2 Å². The smallest absolute Gasteiger partial charge is 0.343 e. The molecule has 6 nitrogen and oxygen atoms in total. The molecule has 4 rings (SSSR count). The Bertz CT molecular complexity index is 857. The zero-order chi connectivity index (χ0) is 21.7. The van der Waals surface area contributed by atoms with Gasteiger partial charge in [0, 0.05) is 37.6 Å². The summed E-state index contributed by atoms with van der Waals surface area (Å²) in [7, 11) is 2.25. The van der Waals surface area contributed by atoms with Crippen LogP contribution in [0, 0.1) is 5.92 Å². The van der Waals surface area contributed by atoms with E-state index in [4.69, 9.17) is 4.74 Å². The first kappa shape index (κ1) is 21.9. The highest BCUT2D eigenvalue weighted by atomic mass is 16.6. The Balaban J connectivity index is 1.43. The van der Waals surface area contributed by atoms with Crippen LogP contribution in [0.25, 0.3) is 0 Å². The van der Waals surface area contributed by atoms with E-state index >= 15 is 0 Å². The van der Waals surface area contributed by atoms with Gasteiger partial charge in [-0.15, -0.1) is 0 Å². The van der Waals surface area contributed by atoms with E-state index in [9.17, 15) is 9.90 Å². The van der Waals surface area contributed by atoms with Crippen LogP contribution >= 0.6 is 0 Å². The Hall–Kier alpha value is -2.31. The van der Waals surface area contributed by atoms with Gasteiger partial charge in [-0.25, -0.2) is 14.8 Å². The lowest BCUT2D eigenvalue weighted by molar-refractivity contribution is -0.921. The number of esters is 1. The summed E-state index contributed by atoms with van der Waals surface area (Å²) in [4.78, 5) is 21.5. The number of carbonyl (C=O) groups is 1. The predicted molar refractivity (Wildman–Crippen MR) is 118 cm³/mol. The summed E-state index contributed by atoms with van der Waals surface area (Å²) in [5.41, 5.74) is 0.227. The van der Waals surface area contributed by atoms with Gasteiger partial charge in [0.15, 0.2) is 5.60 Å². The Morgan fingerprint density at radius 3 is 2.55 bits per heavy atom. The molecular weight excluding hydrogens is 390 g/mol. The third-order valence-electron chi connectivity index (χ3n) is 7.49. The second-order valence-corrected chi connectivity index (χ2v) is 9.43. The Morgan fingerprint density at radius 2 is 1.84 bits per heavy atom. The molecule has 0 spiro atoms. The molecule has 31 heavy (non-hydrogen) atoms. The molecule has 1 aromatic heterocycles. The molecular formula is C25H34N3O3+. The zero-order valence-electron chi connectivity index (χ0n) is 18.4. The van der Waals surface area contributed by atoms with Gasteiger partial charge in [-0.2, -0.15) is 0 Å². The molecule has 6 heteroatoms. The van der Waals surface area contributed by atoms with Gasteiger partial charge in [0.1, 0.15) is 19.0 Å². The van der Waals surface area contributed by atoms with Crippen molar-refractivity contribution in [2.75, 3.05) is 26.7 Å². The van der Waals surface area contributed by atoms with Gasteiger partial charge >= 0.3 is 5.97 Å². The number of likely N-dealkylation sites (tertiary alicyclic amines) is 1. The molecule has 1 aromatic carbocycles. The van der Waals surface area contributed by atoms with Crippen LogP contribution in [0.15, 0.2) is 49.1 Å². The summed E-state index contributed by atoms with van der Waals surface area (Å²) in [6.07, 6.45) is 12.2. The SMILES string of the molecule is C[N+]1(CCc2cncnc2)CCCC1COC(=O)C(O)(c1ccccc1)C1CCCC1. The number of aliphatic hydroxyl groups is 1. The van der Waals surface area contributed by atoms with E-state index in [1.165, 1.54) is 0 Å². The van der Waals surface area contributed by atoms with Crippen LogP contribution in [0.3, 0.4) is 0 Å². The summed E-state index contributed by atoms with van der Waals surface area (Å²) in [5.74, 6) is -0.564. The number of benzene rings is 1. The summed E-state index contributed by atoms with van der Waals surface area (Å²) in [6.45, 7) is 2.38. The van der Waals surface area contributed by atoms with Gasteiger partial charge < -0.3 is 14.3 Å². The first-order valence-corrected chi connectivity index (χ1v) is 11.6. The minimum atomic E-state index is -1.55. The number of aromatic nitrogens is 2. The molecule has 166 valence electrons. The molecule has 3 unspecified atom stereocenters. The minimum Gasteiger partial charge on any atom is -0.457 e. The standard InChI is InChI=1S/C25H34N3O3/c1-28(15-13-20-16-26-19-27-17-20)14-7-12-23(28)18-31-24(29)25(30,22-10-5-6-11-22)21-8-3-2-4-9-21/h2-4,8-9,16-17,19,22-23,30H,5-7,10-15,18H2,1H3/q+1. The van der Waals surface area contributed by atoms with Gasteiger partial charge in [0.05, 0.1) is 20.1 Å². The number of hydrogen-bond acceptors (Lipinski definition) is 5. The number of carbonyl (C=O) groups excluding carboxylic acids is 1. The van der Waals surface area contributed by atoms with E-state index in [1.807, 2.05) is 42.7 Å². The maximum absolute atomic E-state index is 13.3. The van der Waals surface area contributed by atoms with Crippen molar-refractivity contribution in [3.8, 4) is 0 Å². The van der Waals surface area contributed by atoms with Crippen molar-refractivity contribution < 1.29 is 19.1 Å². The van der Waals surface area contributed by atoms with Gasteiger partial charge in [-0.05, 0) is 24.0 Å². The zero-order valence-corrected chi connectivity index (χ0v) is 18.4. The van der Waals surface area contributed by atoms with Gasteiger partial charge in [-0.3, -0.25) is 0 Å². The molecule has 0 radical (unpaired) electrons. The highest BCUT2D eigenvalue weighted by molar-refractivity contribution is 5.81. The maximum atomic E-state index is 13.3. The van der Waals surface area contributed by atoms with E-state index < -0.39 is 11.6 Å². The van der Waals surface area contributed by atoms with Crippen molar-refractivity contribution in [1.82, 2.24) is 9.97 Å². The van der Waals surface area contributed by atoms with Crippen LogP contribution in [0.1, 0.15) is 49.7 Å². The molecule has 1 aliphatic heterocycles. The Labute approximate surface area is 184 Å². The van der Waals surface area contributed by atoms with Crippen molar-refractivity contribution >= 4 is 5.97 Å². The van der Waals surface area contributed by atoms with Crippen LogP contribution in [-0.2, 0) is 21.6 Å². The molecule has 1 aliphatic carbocycles. The molecule has 2 heterocycles. The van der Waals surface area contributed by atoms with Crippen molar-refractivity contribution in [2.45, 2.75) is 56.6 Å². The topological polar surface area (TPSA) is 72.3 Å². The van der Waals surface area contributed by atoms with Gasteiger partial charge in [-0.1, -0.05) is 43.2 Å². The molecule has 1 N–H and O–H groups in total.